The van der Waals surface area contributed by atoms with Crippen molar-refractivity contribution in [3.05, 3.63) is 59.7 Å². The molecule has 0 aliphatic carbocycles. The van der Waals surface area contributed by atoms with Gasteiger partial charge in [0.05, 0.1) is 0 Å². The molecule has 0 saturated carbocycles. The van der Waals surface area contributed by atoms with E-state index in [0.717, 1.165) is 8.92 Å². The maximum atomic E-state index is 12.3. The average molecular weight is 330 g/mol. The summed E-state index contributed by atoms with van der Waals surface area (Å²) in [7, 11) is 13.1. The summed E-state index contributed by atoms with van der Waals surface area (Å²) in [5.74, 6) is 0.0188. The first kappa shape index (κ1) is 11.3. The zero-order chi connectivity index (χ0) is 12.0. The van der Waals surface area contributed by atoms with Gasteiger partial charge in [0.1, 0.15) is 0 Å². The second-order valence-electron chi connectivity index (χ2n) is 3.79. The predicted octanol–water partition coefficient (Wildman–Crippen LogP) is 2.27. The van der Waals surface area contributed by atoms with Crippen LogP contribution >= 0.6 is 20.2 Å². The molecule has 2 aromatic rings. The molecule has 0 unspecified atom stereocenters. The van der Waals surface area contributed by atoms with Crippen molar-refractivity contribution in [3.8, 4) is 0 Å². The molecule has 3 rings (SSSR count). The van der Waals surface area contributed by atoms with E-state index >= 15 is 0 Å². The molecule has 0 radical (unpaired) electrons. The van der Waals surface area contributed by atoms with E-state index in [9.17, 15) is 4.79 Å². The zero-order valence-electron chi connectivity index (χ0n) is 8.69. The van der Waals surface area contributed by atoms with E-state index in [2.05, 4.69) is 0 Å². The number of fused-ring (bicyclic) bond motifs is 2. The standard InChI is InChI=1S/C13H8Cl2OSe/c14-17(15)11-7-3-1-5-9(11)13(16)10-6-2-4-8-12(10)17/h1-8H. The fraction of sp³-hybridized carbons (Fsp3) is 0. The van der Waals surface area contributed by atoms with Gasteiger partial charge in [-0.25, -0.2) is 0 Å². The Balaban J connectivity index is 2.38. The van der Waals surface area contributed by atoms with Crippen LogP contribution in [0.25, 0.3) is 0 Å². The van der Waals surface area contributed by atoms with E-state index in [1.165, 1.54) is 0 Å². The van der Waals surface area contributed by atoms with Crippen molar-refractivity contribution in [2.75, 3.05) is 0 Å². The van der Waals surface area contributed by atoms with Gasteiger partial charge in [-0.15, -0.1) is 0 Å². The van der Waals surface area contributed by atoms with Gasteiger partial charge in [0.2, 0.25) is 0 Å². The summed E-state index contributed by atoms with van der Waals surface area (Å²) in [5.41, 5.74) is 1.30. The SMILES string of the molecule is O=C1c2ccccc2[Se](Cl)(Cl)c2ccccc21. The topological polar surface area (TPSA) is 17.1 Å². The van der Waals surface area contributed by atoms with Crippen molar-refractivity contribution in [2.24, 2.45) is 0 Å². The molecule has 1 aliphatic rings. The Morgan fingerprint density at radius 1 is 0.765 bits per heavy atom. The Hall–Kier alpha value is -0.791. The molecule has 0 bridgehead atoms. The second-order valence-corrected chi connectivity index (χ2v) is 13.2. The van der Waals surface area contributed by atoms with Crippen LogP contribution in [0.3, 0.4) is 0 Å². The second kappa shape index (κ2) is 3.86. The van der Waals surface area contributed by atoms with E-state index in [4.69, 9.17) is 20.2 Å². The number of hydrogen-bond donors (Lipinski definition) is 0. The van der Waals surface area contributed by atoms with Gasteiger partial charge < -0.3 is 0 Å². The van der Waals surface area contributed by atoms with Gasteiger partial charge >= 0.3 is 110 Å². The molecule has 86 valence electrons. The molecule has 1 aliphatic heterocycles. The average Bonchev–Trinajstić information content (AvgIpc) is 2.37. The minimum absolute atomic E-state index is 0.0188. The quantitative estimate of drug-likeness (QED) is 0.678. The molecule has 4 heteroatoms. The van der Waals surface area contributed by atoms with Crippen LogP contribution in [0.5, 0.6) is 0 Å². The summed E-state index contributed by atoms with van der Waals surface area (Å²) in [6, 6.07) is 14.7. The van der Waals surface area contributed by atoms with Crippen molar-refractivity contribution in [1.82, 2.24) is 0 Å². The molecule has 0 spiro atoms. The predicted molar refractivity (Wildman–Crippen MR) is 73.0 cm³/mol. The molecule has 0 amide bonds. The number of carbonyl (C=O) groups excluding carboxylic acids is 1. The molecule has 1 nitrogen and oxygen atoms in total. The summed E-state index contributed by atoms with van der Waals surface area (Å²) >= 11 is -2.95. The van der Waals surface area contributed by atoms with Gasteiger partial charge in [-0.3, -0.25) is 0 Å². The molecule has 0 saturated heterocycles. The van der Waals surface area contributed by atoms with Crippen LogP contribution in [0, 0.1) is 0 Å². The van der Waals surface area contributed by atoms with Crippen LogP contribution < -0.4 is 8.92 Å². The van der Waals surface area contributed by atoms with E-state index in [1.807, 2.05) is 36.4 Å². The van der Waals surface area contributed by atoms with Gasteiger partial charge in [-0.05, 0) is 0 Å². The van der Waals surface area contributed by atoms with Crippen molar-refractivity contribution in [3.63, 3.8) is 0 Å². The third-order valence-corrected chi connectivity index (χ3v) is 10.1. The fourth-order valence-electron chi connectivity index (χ4n) is 2.02. The summed E-state index contributed by atoms with van der Waals surface area (Å²) in [6.45, 7) is 0. The van der Waals surface area contributed by atoms with Crippen molar-refractivity contribution < 1.29 is 4.79 Å². The molecule has 1 heterocycles. The van der Waals surface area contributed by atoms with E-state index in [-0.39, 0.29) is 5.78 Å². The van der Waals surface area contributed by atoms with Crippen LogP contribution in [-0.2, 0) is 0 Å². The zero-order valence-corrected chi connectivity index (χ0v) is 11.9. The molecule has 0 fully saturated rings. The van der Waals surface area contributed by atoms with Crippen LogP contribution in [-0.4, -0.2) is 16.8 Å². The number of ketones is 1. The normalized spacial score (nSPS) is 18.1. The van der Waals surface area contributed by atoms with Crippen molar-refractivity contribution in [1.29, 1.82) is 0 Å². The summed E-state index contributed by atoms with van der Waals surface area (Å²) in [5, 5.41) is 0. The number of hydrogen-bond acceptors (Lipinski definition) is 1. The molecule has 0 atom stereocenters. The van der Waals surface area contributed by atoms with Crippen LogP contribution in [0.4, 0.5) is 0 Å². The number of benzene rings is 2. The van der Waals surface area contributed by atoms with Crippen LogP contribution in [0.2, 0.25) is 0 Å². The van der Waals surface area contributed by atoms with Gasteiger partial charge in [-0.2, -0.15) is 0 Å². The van der Waals surface area contributed by atoms with Gasteiger partial charge in [-0.1, -0.05) is 0 Å². The van der Waals surface area contributed by atoms with Gasteiger partial charge in [0, 0.05) is 0 Å². The third kappa shape index (κ3) is 1.56. The molecule has 2 aromatic carbocycles. The molecule has 0 aromatic heterocycles. The number of halogens is 2. The minimum atomic E-state index is -2.95. The van der Waals surface area contributed by atoms with Crippen molar-refractivity contribution >= 4 is 45.9 Å². The first-order valence-electron chi connectivity index (χ1n) is 5.08. The van der Waals surface area contributed by atoms with E-state index in [0.29, 0.717) is 11.1 Å². The Labute approximate surface area is 110 Å². The van der Waals surface area contributed by atoms with Crippen LogP contribution in [0.1, 0.15) is 15.9 Å². The fourth-order valence-corrected chi connectivity index (χ4v) is 8.19. The van der Waals surface area contributed by atoms with Gasteiger partial charge in [0.15, 0.2) is 0 Å². The number of rotatable bonds is 0. The van der Waals surface area contributed by atoms with Crippen LogP contribution in [0.15, 0.2) is 48.5 Å². The third-order valence-electron chi connectivity index (χ3n) is 2.82. The first-order chi connectivity index (χ1) is 8.12. The molecule has 17 heavy (non-hydrogen) atoms. The Morgan fingerprint density at radius 3 is 1.65 bits per heavy atom. The van der Waals surface area contributed by atoms with Gasteiger partial charge in [0.25, 0.3) is 0 Å². The van der Waals surface area contributed by atoms with Crippen molar-refractivity contribution in [2.45, 2.75) is 0 Å². The molecular formula is C13H8Cl2OSe. The van der Waals surface area contributed by atoms with E-state index in [1.54, 1.807) is 12.1 Å². The summed E-state index contributed by atoms with van der Waals surface area (Å²) < 4.78 is 1.63. The first-order valence-corrected chi connectivity index (χ1v) is 11.3. The molecule has 0 N–H and O–H groups in total. The molecular weight excluding hydrogens is 322 g/mol. The summed E-state index contributed by atoms with van der Waals surface area (Å²) in [6.07, 6.45) is 0. The number of carbonyl (C=O) groups is 1. The summed E-state index contributed by atoms with van der Waals surface area (Å²) in [4.78, 5) is 12.3. The maximum absolute atomic E-state index is 12.3. The van der Waals surface area contributed by atoms with E-state index < -0.39 is 11.0 Å². The Kier molecular flexibility index (Phi) is 2.57. The monoisotopic (exact) mass is 330 g/mol. The Bertz CT molecular complexity index is 571. The Morgan fingerprint density at radius 2 is 1.18 bits per heavy atom.